The Bertz CT molecular complexity index is 1640. The number of rotatable bonds is 7. The summed E-state index contributed by atoms with van der Waals surface area (Å²) >= 11 is 0. The van der Waals surface area contributed by atoms with Crippen LogP contribution in [-0.2, 0) is 13.0 Å². The highest BCUT2D eigenvalue weighted by Gasteiger charge is 2.82. The Morgan fingerprint density at radius 1 is 0.744 bits per heavy atom. The fourth-order valence-corrected chi connectivity index (χ4v) is 3.23. The average Bonchev–Trinajstić information content (AvgIpc) is 2.90. The van der Waals surface area contributed by atoms with Gasteiger partial charge in [-0.25, -0.2) is 22.4 Å². The quantitative estimate of drug-likeness (QED) is 0.0979. The van der Waals surface area contributed by atoms with Crippen LogP contribution in [0.5, 0.6) is 5.75 Å². The van der Waals surface area contributed by atoms with E-state index in [1.54, 1.807) is 0 Å². The van der Waals surface area contributed by atoms with Crippen molar-refractivity contribution in [2.45, 2.75) is 23.9 Å². The highest BCUT2D eigenvalue weighted by molar-refractivity contribution is 5.97. The van der Waals surface area contributed by atoms with E-state index in [-0.39, 0.29) is 12.1 Å². The average molecular weight is 646 g/mol. The van der Waals surface area contributed by atoms with Crippen LogP contribution in [0.15, 0.2) is 35.3 Å². The van der Waals surface area contributed by atoms with Crippen molar-refractivity contribution in [2.75, 3.05) is 5.32 Å². The zero-order valence-electron chi connectivity index (χ0n) is 20.2. The SMILES string of the molecule is Cn1cc(C(=O)Oc2c(F)c(F)c(F)c(F)c2F)c(Nc2ccc(C(F)(F)C(F)(F)C(F)(F)C(F)(F)F)cc2F)cc1=O. The number of anilines is 2. The predicted octanol–water partition coefficient (Wildman–Crippen LogP) is 7.11. The van der Waals surface area contributed by atoms with E-state index in [0.717, 1.165) is 7.05 Å². The van der Waals surface area contributed by atoms with Gasteiger partial charge in [-0.1, -0.05) is 6.07 Å². The summed E-state index contributed by atoms with van der Waals surface area (Å²) in [5.74, 6) is -39.8. The zero-order valence-corrected chi connectivity index (χ0v) is 20.2. The van der Waals surface area contributed by atoms with Gasteiger partial charge in [-0.2, -0.15) is 48.3 Å². The number of esters is 1. The summed E-state index contributed by atoms with van der Waals surface area (Å²) in [6.07, 6.45) is -6.64. The number of ether oxygens (including phenoxy) is 1. The molecule has 1 N–H and O–H groups in total. The maximum absolute atomic E-state index is 14.6. The molecule has 0 saturated carbocycles. The molecule has 2 aromatic carbocycles. The molecule has 3 aromatic rings. The van der Waals surface area contributed by atoms with Gasteiger partial charge in [-0.3, -0.25) is 4.79 Å². The molecular weight excluding hydrogens is 637 g/mol. The second-order valence-electron chi connectivity index (χ2n) is 8.38. The first-order chi connectivity index (χ1) is 19.5. The number of alkyl halides is 9. The van der Waals surface area contributed by atoms with Crippen LogP contribution in [0, 0.1) is 34.9 Å². The summed E-state index contributed by atoms with van der Waals surface area (Å²) in [6, 6.07) is -0.317. The molecule has 0 spiro atoms. The van der Waals surface area contributed by atoms with Gasteiger partial charge in [-0.15, -0.1) is 0 Å². The molecule has 0 aliphatic heterocycles. The van der Waals surface area contributed by atoms with Crippen molar-refractivity contribution >= 4 is 17.3 Å². The Morgan fingerprint density at radius 2 is 1.26 bits per heavy atom. The molecule has 0 saturated heterocycles. The van der Waals surface area contributed by atoms with Crippen molar-refractivity contribution in [1.82, 2.24) is 4.57 Å². The number of pyridine rings is 1. The van der Waals surface area contributed by atoms with Crippen LogP contribution >= 0.6 is 0 Å². The summed E-state index contributed by atoms with van der Waals surface area (Å²) < 4.78 is 207. The predicted molar refractivity (Wildman–Crippen MR) is 112 cm³/mol. The van der Waals surface area contributed by atoms with E-state index in [2.05, 4.69) is 4.74 Å². The van der Waals surface area contributed by atoms with Crippen LogP contribution in [0.3, 0.4) is 0 Å². The van der Waals surface area contributed by atoms with Gasteiger partial charge in [0.15, 0.2) is 0 Å². The van der Waals surface area contributed by atoms with Gasteiger partial charge in [0, 0.05) is 24.9 Å². The van der Waals surface area contributed by atoms with Crippen molar-refractivity contribution in [3.05, 3.63) is 86.8 Å². The Morgan fingerprint density at radius 3 is 1.74 bits per heavy atom. The van der Waals surface area contributed by atoms with Gasteiger partial charge in [0.2, 0.25) is 34.8 Å². The molecule has 0 aliphatic carbocycles. The van der Waals surface area contributed by atoms with Crippen LogP contribution in [0.25, 0.3) is 0 Å². The van der Waals surface area contributed by atoms with Gasteiger partial charge < -0.3 is 14.6 Å². The molecule has 0 fully saturated rings. The van der Waals surface area contributed by atoms with Crippen molar-refractivity contribution in [3.8, 4) is 5.75 Å². The molecule has 0 atom stereocenters. The van der Waals surface area contributed by atoms with E-state index in [1.807, 2.05) is 5.32 Å². The lowest BCUT2D eigenvalue weighted by molar-refractivity contribution is -0.399. The summed E-state index contributed by atoms with van der Waals surface area (Å²) in [7, 11) is 0.954. The molecule has 0 radical (unpaired) electrons. The van der Waals surface area contributed by atoms with E-state index in [1.165, 1.54) is 0 Å². The van der Waals surface area contributed by atoms with Crippen LogP contribution < -0.4 is 15.6 Å². The molecule has 1 aromatic heterocycles. The number of halogens is 15. The van der Waals surface area contributed by atoms with Crippen LogP contribution in [-0.4, -0.2) is 28.6 Å². The van der Waals surface area contributed by atoms with Gasteiger partial charge in [0.1, 0.15) is 11.4 Å². The zero-order chi connectivity index (χ0) is 33.0. The summed E-state index contributed by atoms with van der Waals surface area (Å²) in [4.78, 5) is 24.6. The van der Waals surface area contributed by atoms with Gasteiger partial charge in [0.05, 0.1) is 11.4 Å². The Hall–Kier alpha value is -4.39. The maximum Gasteiger partial charge on any atom is 0.460 e. The first-order valence-corrected chi connectivity index (χ1v) is 10.7. The maximum atomic E-state index is 14.6. The number of carbonyl (C=O) groups is 1. The number of nitrogens with zero attached hydrogens (tertiary/aromatic N) is 1. The number of aromatic nitrogens is 1. The van der Waals surface area contributed by atoms with Gasteiger partial charge >= 0.3 is 29.9 Å². The number of aryl methyl sites for hydroxylation is 1. The minimum Gasteiger partial charge on any atom is -0.416 e. The standard InChI is InChI=1S/C23H9F15N2O3/c1-40-6-8(19(42)43-18-16(28)14(26)13(25)15(27)17(18)29)11(5-12(40)41)39-10-3-2-7(4-9(10)24)20(30,31)21(32,33)22(34,35)23(36,37)38/h2-6,39H,1H3. The molecule has 20 heteroatoms. The first kappa shape index (κ1) is 33.1. The smallest absolute Gasteiger partial charge is 0.416 e. The van der Waals surface area contributed by atoms with Crippen LogP contribution in [0.2, 0.25) is 0 Å². The van der Waals surface area contributed by atoms with Gasteiger partial charge in [0.25, 0.3) is 5.56 Å². The third-order valence-electron chi connectivity index (χ3n) is 5.56. The van der Waals surface area contributed by atoms with E-state index in [9.17, 15) is 75.4 Å². The van der Waals surface area contributed by atoms with E-state index in [4.69, 9.17) is 0 Å². The minimum atomic E-state index is -7.29. The molecule has 43 heavy (non-hydrogen) atoms. The molecule has 0 unspecified atom stereocenters. The van der Waals surface area contributed by atoms with Crippen LogP contribution in [0.4, 0.5) is 77.2 Å². The first-order valence-electron chi connectivity index (χ1n) is 10.7. The van der Waals surface area contributed by atoms with Gasteiger partial charge in [-0.05, 0) is 12.1 Å². The van der Waals surface area contributed by atoms with E-state index in [0.29, 0.717) is 16.8 Å². The molecular formula is C23H9F15N2O3. The minimum absolute atomic E-state index is 0.0804. The van der Waals surface area contributed by atoms with Crippen molar-refractivity contribution in [2.24, 2.45) is 7.05 Å². The second-order valence-corrected chi connectivity index (χ2v) is 8.38. The third-order valence-corrected chi connectivity index (χ3v) is 5.56. The highest BCUT2D eigenvalue weighted by atomic mass is 19.4. The lowest BCUT2D eigenvalue weighted by atomic mass is 9.96. The van der Waals surface area contributed by atoms with Crippen molar-refractivity contribution in [1.29, 1.82) is 0 Å². The topological polar surface area (TPSA) is 60.3 Å². The largest absolute Gasteiger partial charge is 0.460 e. The molecule has 0 bridgehead atoms. The molecule has 3 rings (SSSR count). The highest BCUT2D eigenvalue weighted by Crippen LogP contribution is 2.56. The number of benzene rings is 2. The van der Waals surface area contributed by atoms with E-state index < -0.39 is 105 Å². The molecule has 0 aliphatic rings. The molecule has 234 valence electrons. The lowest BCUT2D eigenvalue weighted by Crippen LogP contribution is -2.59. The molecule has 5 nitrogen and oxygen atoms in total. The fourth-order valence-electron chi connectivity index (χ4n) is 3.23. The molecule has 1 heterocycles. The van der Waals surface area contributed by atoms with Crippen molar-refractivity contribution in [3.63, 3.8) is 0 Å². The summed E-state index contributed by atoms with van der Waals surface area (Å²) in [5.41, 5.74) is -6.53. The van der Waals surface area contributed by atoms with Crippen molar-refractivity contribution < 1.29 is 75.4 Å². The summed E-state index contributed by atoms with van der Waals surface area (Å²) in [5, 5.41) is 1.86. The normalized spacial score (nSPS) is 12.8. The van der Waals surface area contributed by atoms with E-state index >= 15 is 0 Å². The fraction of sp³-hybridized carbons (Fsp3) is 0.217. The second kappa shape index (κ2) is 10.7. The number of nitrogens with one attached hydrogen (secondary N) is 1. The number of carbonyl (C=O) groups excluding carboxylic acids is 1. The molecule has 0 amide bonds. The number of hydrogen-bond acceptors (Lipinski definition) is 4. The monoisotopic (exact) mass is 646 g/mol. The number of hydrogen-bond donors (Lipinski definition) is 1. The lowest BCUT2D eigenvalue weighted by Gasteiger charge is -2.33. The van der Waals surface area contributed by atoms with Crippen LogP contribution in [0.1, 0.15) is 15.9 Å². The Balaban J connectivity index is 2.04. The Kier molecular flexibility index (Phi) is 8.25. The third kappa shape index (κ3) is 5.44. The summed E-state index contributed by atoms with van der Waals surface area (Å²) in [6.45, 7) is 0. The Labute approximate surface area is 227 Å².